The van der Waals surface area contributed by atoms with E-state index in [0.29, 0.717) is 5.92 Å². The first-order valence-electron chi connectivity index (χ1n) is 10.3. The SMILES string of the molecule is CCNC(=NCC1(c2cc(C)ccc2OC)CCOCC1)NCCC(C)C. The van der Waals surface area contributed by atoms with Crippen LogP contribution < -0.4 is 15.4 Å². The maximum Gasteiger partial charge on any atom is 0.191 e. The summed E-state index contributed by atoms with van der Waals surface area (Å²) in [7, 11) is 1.75. The van der Waals surface area contributed by atoms with E-state index < -0.39 is 0 Å². The van der Waals surface area contributed by atoms with Gasteiger partial charge in [-0.3, -0.25) is 4.99 Å². The first-order valence-corrected chi connectivity index (χ1v) is 10.3. The van der Waals surface area contributed by atoms with E-state index in [4.69, 9.17) is 14.5 Å². The van der Waals surface area contributed by atoms with Crippen molar-refractivity contribution in [3.8, 4) is 5.75 Å². The second-order valence-corrected chi connectivity index (χ2v) is 7.90. The molecule has 152 valence electrons. The summed E-state index contributed by atoms with van der Waals surface area (Å²) in [4.78, 5) is 4.97. The lowest BCUT2D eigenvalue weighted by molar-refractivity contribution is 0.0522. The molecule has 1 aromatic rings. The van der Waals surface area contributed by atoms with E-state index in [-0.39, 0.29) is 5.41 Å². The molecule has 2 N–H and O–H groups in total. The zero-order valence-corrected chi connectivity index (χ0v) is 17.7. The molecule has 0 radical (unpaired) electrons. The molecular formula is C22H37N3O2. The minimum absolute atomic E-state index is 0.0456. The summed E-state index contributed by atoms with van der Waals surface area (Å²) in [6, 6.07) is 6.45. The molecule has 0 spiro atoms. The van der Waals surface area contributed by atoms with Crippen LogP contribution in [-0.2, 0) is 10.2 Å². The molecule has 0 aliphatic carbocycles. The highest BCUT2D eigenvalue weighted by Gasteiger charge is 2.37. The number of hydrogen-bond donors (Lipinski definition) is 2. The van der Waals surface area contributed by atoms with Gasteiger partial charge in [-0.15, -0.1) is 0 Å². The Morgan fingerprint density at radius 1 is 1.26 bits per heavy atom. The Morgan fingerprint density at radius 2 is 2.00 bits per heavy atom. The van der Waals surface area contributed by atoms with E-state index >= 15 is 0 Å². The molecule has 1 aliphatic rings. The van der Waals surface area contributed by atoms with Gasteiger partial charge in [0.15, 0.2) is 5.96 Å². The molecule has 1 fully saturated rings. The third-order valence-electron chi connectivity index (χ3n) is 5.27. The molecule has 0 atom stereocenters. The molecule has 0 saturated carbocycles. The zero-order valence-electron chi connectivity index (χ0n) is 17.7. The molecule has 0 aromatic heterocycles. The fourth-order valence-corrected chi connectivity index (χ4v) is 3.56. The van der Waals surface area contributed by atoms with Crippen molar-refractivity contribution in [3.05, 3.63) is 29.3 Å². The molecule has 27 heavy (non-hydrogen) atoms. The maximum absolute atomic E-state index is 5.70. The largest absolute Gasteiger partial charge is 0.496 e. The lowest BCUT2D eigenvalue weighted by Crippen LogP contribution is -2.41. The second-order valence-electron chi connectivity index (χ2n) is 7.90. The average Bonchev–Trinajstić information content (AvgIpc) is 2.66. The van der Waals surface area contributed by atoms with Gasteiger partial charge in [-0.1, -0.05) is 31.5 Å². The van der Waals surface area contributed by atoms with E-state index in [1.807, 2.05) is 0 Å². The van der Waals surface area contributed by atoms with Crippen molar-refractivity contribution in [1.29, 1.82) is 0 Å². The number of aliphatic imine (C=N–C) groups is 1. The first kappa shape index (κ1) is 21.5. The van der Waals surface area contributed by atoms with E-state index in [2.05, 4.69) is 56.5 Å². The van der Waals surface area contributed by atoms with E-state index in [9.17, 15) is 0 Å². The number of ether oxygens (including phenoxy) is 2. The number of hydrogen-bond acceptors (Lipinski definition) is 3. The Kier molecular flexibility index (Phi) is 8.42. The lowest BCUT2D eigenvalue weighted by atomic mass is 9.73. The Bertz CT molecular complexity index is 608. The van der Waals surface area contributed by atoms with Crippen LogP contribution in [0.1, 0.15) is 51.2 Å². The van der Waals surface area contributed by atoms with Gasteiger partial charge >= 0.3 is 0 Å². The van der Waals surface area contributed by atoms with E-state index in [1.165, 1.54) is 11.1 Å². The van der Waals surface area contributed by atoms with Crippen molar-refractivity contribution >= 4 is 5.96 Å². The van der Waals surface area contributed by atoms with Gasteiger partial charge in [0.05, 0.1) is 13.7 Å². The topological polar surface area (TPSA) is 54.9 Å². The molecule has 1 heterocycles. The number of guanidine groups is 1. The van der Waals surface area contributed by atoms with Crippen LogP contribution in [0.2, 0.25) is 0 Å². The molecule has 5 nitrogen and oxygen atoms in total. The molecule has 1 aliphatic heterocycles. The van der Waals surface area contributed by atoms with Crippen LogP contribution in [0.15, 0.2) is 23.2 Å². The lowest BCUT2D eigenvalue weighted by Gasteiger charge is -2.37. The van der Waals surface area contributed by atoms with Gasteiger partial charge in [0, 0.05) is 37.3 Å². The zero-order chi connectivity index (χ0) is 19.7. The number of methoxy groups -OCH3 is 1. The van der Waals surface area contributed by atoms with Crippen molar-refractivity contribution in [1.82, 2.24) is 10.6 Å². The number of nitrogens with zero attached hydrogens (tertiary/aromatic N) is 1. The van der Waals surface area contributed by atoms with Crippen LogP contribution in [0.3, 0.4) is 0 Å². The summed E-state index contributed by atoms with van der Waals surface area (Å²) in [6.07, 6.45) is 3.05. The second kappa shape index (κ2) is 10.5. The van der Waals surface area contributed by atoms with Crippen molar-refractivity contribution in [2.75, 3.05) is 40.0 Å². The molecule has 1 saturated heterocycles. The number of nitrogens with one attached hydrogen (secondary N) is 2. The molecule has 5 heteroatoms. The van der Waals surface area contributed by atoms with Gasteiger partial charge < -0.3 is 20.1 Å². The Labute approximate surface area is 164 Å². The highest BCUT2D eigenvalue weighted by Crippen LogP contribution is 2.40. The van der Waals surface area contributed by atoms with Crippen molar-refractivity contribution < 1.29 is 9.47 Å². The quantitative estimate of drug-likeness (QED) is 0.538. The van der Waals surface area contributed by atoms with Gasteiger partial charge in [0.1, 0.15) is 5.75 Å². The summed E-state index contributed by atoms with van der Waals surface area (Å²) < 4.78 is 11.4. The fraction of sp³-hybridized carbons (Fsp3) is 0.682. The first-order chi connectivity index (χ1) is 13.0. The van der Waals surface area contributed by atoms with Crippen molar-refractivity contribution in [2.24, 2.45) is 10.9 Å². The van der Waals surface area contributed by atoms with Crippen LogP contribution in [0.5, 0.6) is 5.75 Å². The minimum atomic E-state index is -0.0456. The monoisotopic (exact) mass is 375 g/mol. The predicted octanol–water partition coefficient (Wildman–Crippen LogP) is 3.65. The van der Waals surface area contributed by atoms with Crippen molar-refractivity contribution in [3.63, 3.8) is 0 Å². The number of rotatable bonds is 8. The average molecular weight is 376 g/mol. The Hall–Kier alpha value is -1.75. The Balaban J connectivity index is 2.26. The third-order valence-corrected chi connectivity index (χ3v) is 5.27. The van der Waals surface area contributed by atoms with Gasteiger partial charge in [-0.25, -0.2) is 0 Å². The molecule has 2 rings (SSSR count). The summed E-state index contributed by atoms with van der Waals surface area (Å²) in [5.41, 5.74) is 2.47. The maximum atomic E-state index is 5.70. The molecule has 0 bridgehead atoms. The summed E-state index contributed by atoms with van der Waals surface area (Å²) in [6.45, 7) is 12.8. The van der Waals surface area contributed by atoms with Gasteiger partial charge in [0.2, 0.25) is 0 Å². The van der Waals surface area contributed by atoms with Gasteiger partial charge in [-0.2, -0.15) is 0 Å². The van der Waals surface area contributed by atoms with Gasteiger partial charge in [-0.05, 0) is 45.1 Å². The Morgan fingerprint density at radius 3 is 2.63 bits per heavy atom. The predicted molar refractivity (Wildman–Crippen MR) is 113 cm³/mol. The molecular weight excluding hydrogens is 338 g/mol. The fourth-order valence-electron chi connectivity index (χ4n) is 3.56. The summed E-state index contributed by atoms with van der Waals surface area (Å²) in [5.74, 6) is 2.53. The highest BCUT2D eigenvalue weighted by atomic mass is 16.5. The van der Waals surface area contributed by atoms with Crippen LogP contribution in [0.25, 0.3) is 0 Å². The minimum Gasteiger partial charge on any atom is -0.496 e. The normalized spacial score (nSPS) is 17.0. The van der Waals surface area contributed by atoms with E-state index in [0.717, 1.165) is 63.8 Å². The smallest absolute Gasteiger partial charge is 0.191 e. The highest BCUT2D eigenvalue weighted by molar-refractivity contribution is 5.79. The van der Waals surface area contributed by atoms with Crippen LogP contribution in [0.4, 0.5) is 0 Å². The standard InChI is InChI=1S/C22H37N3O2/c1-6-23-21(24-12-9-17(2)3)25-16-22(10-13-27-14-11-22)19-15-18(4)7-8-20(19)26-5/h7-8,15,17H,6,9-14,16H2,1-5H3,(H2,23,24,25). The van der Waals surface area contributed by atoms with Crippen LogP contribution in [0, 0.1) is 12.8 Å². The van der Waals surface area contributed by atoms with Crippen molar-refractivity contribution in [2.45, 2.75) is 52.4 Å². The van der Waals surface area contributed by atoms with E-state index in [1.54, 1.807) is 7.11 Å². The number of aryl methyl sites for hydroxylation is 1. The molecule has 0 unspecified atom stereocenters. The third kappa shape index (κ3) is 6.13. The summed E-state index contributed by atoms with van der Waals surface area (Å²) in [5, 5.41) is 6.86. The van der Waals surface area contributed by atoms with Gasteiger partial charge in [0.25, 0.3) is 0 Å². The summed E-state index contributed by atoms with van der Waals surface area (Å²) >= 11 is 0. The van der Waals surface area contributed by atoms with Crippen LogP contribution in [-0.4, -0.2) is 45.9 Å². The molecule has 0 amide bonds. The number of benzene rings is 1. The molecule has 1 aromatic carbocycles. The van der Waals surface area contributed by atoms with Crippen LogP contribution >= 0.6 is 0 Å².